The number of ether oxygens (including phenoxy) is 3. The van der Waals surface area contributed by atoms with Crippen LogP contribution in [0.2, 0.25) is 0 Å². The summed E-state index contributed by atoms with van der Waals surface area (Å²) in [4.78, 5) is 11.7. The quantitative estimate of drug-likeness (QED) is 0.772. The summed E-state index contributed by atoms with van der Waals surface area (Å²) in [5, 5.41) is 0. The molecule has 0 spiro atoms. The molecule has 1 aromatic carbocycles. The van der Waals surface area contributed by atoms with Crippen LogP contribution in [0.5, 0.6) is 5.75 Å². The van der Waals surface area contributed by atoms with Crippen molar-refractivity contribution in [1.29, 1.82) is 0 Å². The third-order valence-electron chi connectivity index (χ3n) is 3.03. The van der Waals surface area contributed by atoms with E-state index in [4.69, 9.17) is 14.2 Å². The van der Waals surface area contributed by atoms with Crippen molar-refractivity contribution in [2.75, 3.05) is 26.9 Å². The second kappa shape index (κ2) is 6.52. The van der Waals surface area contributed by atoms with E-state index in [1.165, 1.54) is 0 Å². The maximum absolute atomic E-state index is 11.7. The number of ketones is 1. The number of methoxy groups -OCH3 is 1. The van der Waals surface area contributed by atoms with Crippen LogP contribution in [0.4, 0.5) is 0 Å². The second-order valence-electron chi connectivity index (χ2n) is 4.37. The van der Waals surface area contributed by atoms with Crippen molar-refractivity contribution < 1.29 is 19.0 Å². The Hall–Kier alpha value is -1.39. The van der Waals surface area contributed by atoms with Gasteiger partial charge in [0.25, 0.3) is 0 Å². The Balaban J connectivity index is 1.75. The molecule has 4 heteroatoms. The van der Waals surface area contributed by atoms with Gasteiger partial charge in [-0.05, 0) is 24.1 Å². The van der Waals surface area contributed by atoms with Gasteiger partial charge in [-0.25, -0.2) is 0 Å². The molecular formula is C14H18O4. The molecule has 1 saturated heterocycles. The van der Waals surface area contributed by atoms with E-state index in [0.717, 1.165) is 17.7 Å². The first-order valence-electron chi connectivity index (χ1n) is 6.10. The lowest BCUT2D eigenvalue weighted by molar-refractivity contribution is -0.127. The summed E-state index contributed by atoms with van der Waals surface area (Å²) in [6.07, 6.45) is 0.821. The Kier molecular flexibility index (Phi) is 4.73. The van der Waals surface area contributed by atoms with Crippen molar-refractivity contribution in [2.24, 2.45) is 5.92 Å². The lowest BCUT2D eigenvalue weighted by atomic mass is 10.0. The highest BCUT2D eigenvalue weighted by Crippen LogP contribution is 2.15. The van der Waals surface area contributed by atoms with Gasteiger partial charge < -0.3 is 14.2 Å². The maximum atomic E-state index is 11.7. The summed E-state index contributed by atoms with van der Waals surface area (Å²) < 4.78 is 15.7. The van der Waals surface area contributed by atoms with Gasteiger partial charge in [-0.1, -0.05) is 12.1 Å². The van der Waals surface area contributed by atoms with Crippen molar-refractivity contribution >= 4 is 5.78 Å². The Labute approximate surface area is 107 Å². The SMILES string of the molecule is COc1cccc(COCC(=O)C2CCOC2)c1. The summed E-state index contributed by atoms with van der Waals surface area (Å²) in [6, 6.07) is 7.64. The highest BCUT2D eigenvalue weighted by molar-refractivity contribution is 5.82. The van der Waals surface area contributed by atoms with E-state index in [1.807, 2.05) is 24.3 Å². The van der Waals surface area contributed by atoms with Crippen LogP contribution >= 0.6 is 0 Å². The molecule has 98 valence electrons. The molecule has 0 aromatic heterocycles. The van der Waals surface area contributed by atoms with Gasteiger partial charge in [0.05, 0.1) is 20.3 Å². The Morgan fingerprint density at radius 2 is 2.39 bits per heavy atom. The summed E-state index contributed by atoms with van der Waals surface area (Å²) in [5.41, 5.74) is 1.00. The number of carbonyl (C=O) groups excluding carboxylic acids is 1. The third kappa shape index (κ3) is 3.55. The molecule has 1 atom stereocenters. The van der Waals surface area contributed by atoms with Crippen LogP contribution in [0.3, 0.4) is 0 Å². The molecule has 18 heavy (non-hydrogen) atoms. The van der Waals surface area contributed by atoms with Crippen LogP contribution in [-0.2, 0) is 20.9 Å². The van der Waals surface area contributed by atoms with Crippen LogP contribution in [0, 0.1) is 5.92 Å². The van der Waals surface area contributed by atoms with E-state index in [-0.39, 0.29) is 18.3 Å². The molecule has 0 saturated carbocycles. The molecule has 0 radical (unpaired) electrons. The molecule has 1 fully saturated rings. The van der Waals surface area contributed by atoms with Gasteiger partial charge in [0.2, 0.25) is 0 Å². The Bertz CT molecular complexity index is 397. The minimum absolute atomic E-state index is 0.0234. The van der Waals surface area contributed by atoms with E-state index in [0.29, 0.717) is 19.8 Å². The number of rotatable bonds is 6. The topological polar surface area (TPSA) is 44.8 Å². The van der Waals surface area contributed by atoms with E-state index >= 15 is 0 Å². The summed E-state index contributed by atoms with van der Waals surface area (Å²) in [7, 11) is 1.63. The van der Waals surface area contributed by atoms with E-state index < -0.39 is 0 Å². The molecule has 1 aliphatic heterocycles. The Morgan fingerprint density at radius 1 is 1.50 bits per heavy atom. The van der Waals surface area contributed by atoms with Crippen LogP contribution < -0.4 is 4.74 Å². The molecule has 1 unspecified atom stereocenters. The number of Topliss-reactive ketones (excluding diaryl/α,β-unsaturated/α-hetero) is 1. The smallest absolute Gasteiger partial charge is 0.163 e. The van der Waals surface area contributed by atoms with Gasteiger partial charge in [0.1, 0.15) is 12.4 Å². The molecule has 1 aromatic rings. The summed E-state index contributed by atoms with van der Waals surface area (Å²) in [5.74, 6) is 0.956. The molecule has 2 rings (SSSR count). The summed E-state index contributed by atoms with van der Waals surface area (Å²) >= 11 is 0. The summed E-state index contributed by atoms with van der Waals surface area (Å²) in [6.45, 7) is 1.81. The zero-order chi connectivity index (χ0) is 12.8. The first-order valence-corrected chi connectivity index (χ1v) is 6.10. The molecule has 0 amide bonds. The first-order chi connectivity index (χ1) is 8.79. The maximum Gasteiger partial charge on any atom is 0.163 e. The van der Waals surface area contributed by atoms with Crippen LogP contribution in [0.15, 0.2) is 24.3 Å². The predicted molar refractivity (Wildman–Crippen MR) is 66.6 cm³/mol. The standard InChI is InChI=1S/C14H18O4/c1-16-13-4-2-3-11(7-13)8-18-10-14(15)12-5-6-17-9-12/h2-4,7,12H,5-6,8-10H2,1H3. The molecule has 4 nitrogen and oxygen atoms in total. The average Bonchev–Trinajstić information content (AvgIpc) is 2.93. The number of carbonyl (C=O) groups is 1. The lowest BCUT2D eigenvalue weighted by Gasteiger charge is -2.08. The van der Waals surface area contributed by atoms with E-state index in [9.17, 15) is 4.79 Å². The van der Waals surface area contributed by atoms with Crippen molar-refractivity contribution in [3.05, 3.63) is 29.8 Å². The number of hydrogen-bond acceptors (Lipinski definition) is 4. The fourth-order valence-corrected chi connectivity index (χ4v) is 1.94. The fourth-order valence-electron chi connectivity index (χ4n) is 1.94. The van der Waals surface area contributed by atoms with Crippen LogP contribution in [0.25, 0.3) is 0 Å². The van der Waals surface area contributed by atoms with Crippen LogP contribution in [-0.4, -0.2) is 32.7 Å². The zero-order valence-electron chi connectivity index (χ0n) is 10.6. The van der Waals surface area contributed by atoms with E-state index in [2.05, 4.69) is 0 Å². The van der Waals surface area contributed by atoms with Crippen molar-refractivity contribution in [3.8, 4) is 5.75 Å². The Morgan fingerprint density at radius 3 is 3.11 bits per heavy atom. The average molecular weight is 250 g/mol. The largest absolute Gasteiger partial charge is 0.497 e. The van der Waals surface area contributed by atoms with Gasteiger partial charge >= 0.3 is 0 Å². The normalized spacial score (nSPS) is 18.8. The number of benzene rings is 1. The number of hydrogen-bond donors (Lipinski definition) is 0. The van der Waals surface area contributed by atoms with Crippen molar-refractivity contribution in [3.63, 3.8) is 0 Å². The minimum atomic E-state index is 0.0234. The highest BCUT2D eigenvalue weighted by Gasteiger charge is 2.23. The van der Waals surface area contributed by atoms with Gasteiger partial charge in [0, 0.05) is 12.5 Å². The first kappa shape index (κ1) is 13.1. The zero-order valence-corrected chi connectivity index (χ0v) is 10.6. The molecule has 0 aliphatic carbocycles. The fraction of sp³-hybridized carbons (Fsp3) is 0.500. The predicted octanol–water partition coefficient (Wildman–Crippen LogP) is 1.82. The van der Waals surface area contributed by atoms with Gasteiger partial charge in [-0.3, -0.25) is 4.79 Å². The van der Waals surface area contributed by atoms with Crippen molar-refractivity contribution in [1.82, 2.24) is 0 Å². The van der Waals surface area contributed by atoms with E-state index in [1.54, 1.807) is 7.11 Å². The second-order valence-corrected chi connectivity index (χ2v) is 4.37. The molecule has 0 bridgehead atoms. The molecule has 0 N–H and O–H groups in total. The lowest BCUT2D eigenvalue weighted by Crippen LogP contribution is -2.19. The minimum Gasteiger partial charge on any atom is -0.497 e. The molecular weight excluding hydrogens is 232 g/mol. The van der Waals surface area contributed by atoms with Gasteiger partial charge in [-0.2, -0.15) is 0 Å². The van der Waals surface area contributed by atoms with Gasteiger partial charge in [0.15, 0.2) is 5.78 Å². The van der Waals surface area contributed by atoms with Crippen LogP contribution in [0.1, 0.15) is 12.0 Å². The molecule has 1 heterocycles. The molecule has 1 aliphatic rings. The van der Waals surface area contributed by atoms with Crippen molar-refractivity contribution in [2.45, 2.75) is 13.0 Å². The third-order valence-corrected chi connectivity index (χ3v) is 3.03. The monoisotopic (exact) mass is 250 g/mol. The van der Waals surface area contributed by atoms with Gasteiger partial charge in [-0.15, -0.1) is 0 Å². The highest BCUT2D eigenvalue weighted by atomic mass is 16.5.